The van der Waals surface area contributed by atoms with Crippen molar-refractivity contribution >= 4 is 17.8 Å². The number of nitrogens with one attached hydrogen (secondary N) is 1. The first-order valence-electron chi connectivity index (χ1n) is 11.0. The smallest absolute Gasteiger partial charge is 0.434 e. The molecule has 3 aromatic rings. The van der Waals surface area contributed by atoms with Crippen molar-refractivity contribution in [2.24, 2.45) is 0 Å². The van der Waals surface area contributed by atoms with E-state index in [4.69, 9.17) is 4.74 Å². The van der Waals surface area contributed by atoms with Crippen LogP contribution in [0.2, 0.25) is 0 Å². The van der Waals surface area contributed by atoms with Crippen molar-refractivity contribution in [3.05, 3.63) is 65.7 Å². The van der Waals surface area contributed by atoms with Gasteiger partial charge in [0.1, 0.15) is 5.56 Å². The van der Waals surface area contributed by atoms with E-state index in [9.17, 15) is 22.8 Å². The van der Waals surface area contributed by atoms with Gasteiger partial charge in [0.05, 0.1) is 18.5 Å². The predicted octanol–water partition coefficient (Wildman–Crippen LogP) is 3.26. The first-order valence-corrected chi connectivity index (χ1v) is 11.0. The van der Waals surface area contributed by atoms with Crippen molar-refractivity contribution in [2.45, 2.75) is 32.0 Å². The molecule has 2 aromatic heterocycles. The second-order valence-electron chi connectivity index (χ2n) is 7.87. The lowest BCUT2D eigenvalue weighted by atomic mass is 10.0. The highest BCUT2D eigenvalue weighted by atomic mass is 19.4. The van der Waals surface area contributed by atoms with Crippen molar-refractivity contribution < 1.29 is 27.5 Å². The Balaban J connectivity index is 1.43. The number of carbonyl (C=O) groups excluding carboxylic acids is 2. The monoisotopic (exact) mass is 488 g/mol. The predicted molar refractivity (Wildman–Crippen MR) is 119 cm³/mol. The zero-order valence-electron chi connectivity index (χ0n) is 18.8. The fourth-order valence-corrected chi connectivity index (χ4v) is 3.88. The molecule has 4 rings (SSSR count). The molecule has 0 radical (unpaired) electrons. The normalized spacial score (nSPS) is 14.6. The third kappa shape index (κ3) is 5.42. The molecule has 1 aliphatic rings. The number of aromatic nitrogens is 4. The van der Waals surface area contributed by atoms with Crippen LogP contribution in [0.1, 0.15) is 46.2 Å². The summed E-state index contributed by atoms with van der Waals surface area (Å²) in [7, 11) is 0. The molecule has 12 heteroatoms. The lowest BCUT2D eigenvalue weighted by molar-refractivity contribution is -0.143. The number of anilines is 1. The fourth-order valence-electron chi connectivity index (χ4n) is 3.88. The SMILES string of the molecule is CCOC(=O)c1cnn(-c2ccc(C(=O)NC3CCN(c4ncccn4)CC3)cc2)c1C(F)(F)F. The number of alkyl halides is 3. The third-order valence-electron chi connectivity index (χ3n) is 5.57. The second kappa shape index (κ2) is 10.1. The molecule has 0 unspecified atom stereocenters. The second-order valence-corrected chi connectivity index (χ2v) is 7.87. The average Bonchev–Trinajstić information content (AvgIpc) is 3.32. The molecule has 9 nitrogen and oxygen atoms in total. The number of halogens is 3. The summed E-state index contributed by atoms with van der Waals surface area (Å²) < 4.78 is 46.4. The summed E-state index contributed by atoms with van der Waals surface area (Å²) in [5.41, 5.74) is -1.55. The minimum absolute atomic E-state index is 0.0442. The van der Waals surface area contributed by atoms with Crippen LogP contribution in [-0.2, 0) is 10.9 Å². The van der Waals surface area contributed by atoms with Crippen LogP contribution in [0.15, 0.2) is 48.9 Å². The average molecular weight is 488 g/mol. The van der Waals surface area contributed by atoms with Gasteiger partial charge in [0.2, 0.25) is 5.95 Å². The third-order valence-corrected chi connectivity index (χ3v) is 5.57. The molecule has 0 aliphatic carbocycles. The van der Waals surface area contributed by atoms with Gasteiger partial charge in [-0.15, -0.1) is 0 Å². The quantitative estimate of drug-likeness (QED) is 0.532. The van der Waals surface area contributed by atoms with Crippen LogP contribution in [0, 0.1) is 0 Å². The number of hydrogen-bond acceptors (Lipinski definition) is 7. The Labute approximate surface area is 198 Å². The molecule has 1 aliphatic heterocycles. The van der Waals surface area contributed by atoms with Gasteiger partial charge in [0.15, 0.2) is 5.69 Å². The molecular formula is C23H23F3N6O3. The lowest BCUT2D eigenvalue weighted by Gasteiger charge is -2.32. The van der Waals surface area contributed by atoms with Crippen molar-refractivity contribution in [3.8, 4) is 5.69 Å². The van der Waals surface area contributed by atoms with Gasteiger partial charge < -0.3 is 15.0 Å². The van der Waals surface area contributed by atoms with Crippen LogP contribution >= 0.6 is 0 Å². The summed E-state index contributed by atoms with van der Waals surface area (Å²) >= 11 is 0. The Morgan fingerprint density at radius 2 is 1.77 bits per heavy atom. The van der Waals surface area contributed by atoms with Gasteiger partial charge in [0, 0.05) is 37.1 Å². The Hall–Kier alpha value is -3.96. The van der Waals surface area contributed by atoms with E-state index in [0.29, 0.717) is 42.1 Å². The number of piperidine rings is 1. The Kier molecular flexibility index (Phi) is 6.99. The van der Waals surface area contributed by atoms with Crippen LogP contribution in [-0.4, -0.2) is 57.4 Å². The van der Waals surface area contributed by atoms with Gasteiger partial charge in [-0.2, -0.15) is 18.3 Å². The highest BCUT2D eigenvalue weighted by Crippen LogP contribution is 2.34. The van der Waals surface area contributed by atoms with E-state index in [-0.39, 0.29) is 24.2 Å². The maximum absolute atomic E-state index is 13.7. The van der Waals surface area contributed by atoms with E-state index in [1.165, 1.54) is 31.2 Å². The summed E-state index contributed by atoms with van der Waals surface area (Å²) in [4.78, 5) is 35.2. The summed E-state index contributed by atoms with van der Waals surface area (Å²) in [6.45, 7) is 2.82. The zero-order chi connectivity index (χ0) is 25.0. The number of amides is 1. The van der Waals surface area contributed by atoms with Crippen LogP contribution in [0.3, 0.4) is 0 Å². The Morgan fingerprint density at radius 1 is 1.11 bits per heavy atom. The molecule has 1 amide bonds. The van der Waals surface area contributed by atoms with Crippen molar-refractivity contribution in [1.82, 2.24) is 25.1 Å². The van der Waals surface area contributed by atoms with E-state index < -0.39 is 23.4 Å². The van der Waals surface area contributed by atoms with Crippen LogP contribution in [0.4, 0.5) is 19.1 Å². The number of hydrogen-bond donors (Lipinski definition) is 1. The summed E-state index contributed by atoms with van der Waals surface area (Å²) in [5, 5.41) is 6.70. The standard InChI is InChI=1S/C23H23F3N6O3/c1-2-35-21(34)18-14-29-32(19(18)23(24,25)26)17-6-4-15(5-7-17)20(33)30-16-8-12-31(13-9-16)22-27-10-3-11-28-22/h3-7,10-11,14,16H,2,8-9,12-13H2,1H3,(H,30,33). The highest BCUT2D eigenvalue weighted by Gasteiger charge is 2.41. The van der Waals surface area contributed by atoms with Crippen molar-refractivity contribution in [1.29, 1.82) is 0 Å². The number of esters is 1. The van der Waals surface area contributed by atoms with Crippen molar-refractivity contribution in [2.75, 3.05) is 24.6 Å². The first-order chi connectivity index (χ1) is 16.8. The maximum atomic E-state index is 13.7. The van der Waals surface area contributed by atoms with E-state index in [1.807, 2.05) is 4.90 Å². The van der Waals surface area contributed by atoms with Crippen LogP contribution in [0.5, 0.6) is 0 Å². The van der Waals surface area contributed by atoms with E-state index in [2.05, 4.69) is 20.4 Å². The van der Waals surface area contributed by atoms with Crippen molar-refractivity contribution in [3.63, 3.8) is 0 Å². The molecule has 1 saturated heterocycles. The number of nitrogens with zero attached hydrogens (tertiary/aromatic N) is 5. The minimum Gasteiger partial charge on any atom is -0.462 e. The zero-order valence-corrected chi connectivity index (χ0v) is 18.8. The maximum Gasteiger partial charge on any atom is 0.434 e. The molecule has 0 atom stereocenters. The largest absolute Gasteiger partial charge is 0.462 e. The molecular weight excluding hydrogens is 465 g/mol. The first kappa shape index (κ1) is 24.2. The van der Waals surface area contributed by atoms with Gasteiger partial charge in [-0.3, -0.25) is 4.79 Å². The van der Waals surface area contributed by atoms with Gasteiger partial charge in [-0.05, 0) is 50.1 Å². The molecule has 0 saturated carbocycles. The number of benzene rings is 1. The molecule has 1 N–H and O–H groups in total. The molecule has 0 bridgehead atoms. The molecule has 1 aromatic carbocycles. The molecule has 35 heavy (non-hydrogen) atoms. The number of carbonyl (C=O) groups is 2. The van der Waals surface area contributed by atoms with Gasteiger partial charge >= 0.3 is 12.1 Å². The molecule has 1 fully saturated rings. The van der Waals surface area contributed by atoms with E-state index >= 15 is 0 Å². The Bertz CT molecular complexity index is 1170. The van der Waals surface area contributed by atoms with Gasteiger partial charge in [-0.25, -0.2) is 19.4 Å². The van der Waals surface area contributed by atoms with E-state index in [0.717, 1.165) is 6.20 Å². The molecule has 0 spiro atoms. The molecule has 3 heterocycles. The van der Waals surface area contributed by atoms with Gasteiger partial charge in [-0.1, -0.05) is 0 Å². The number of rotatable bonds is 6. The number of ether oxygens (including phenoxy) is 1. The van der Waals surface area contributed by atoms with E-state index in [1.54, 1.807) is 18.5 Å². The van der Waals surface area contributed by atoms with Crippen LogP contribution in [0.25, 0.3) is 5.69 Å². The van der Waals surface area contributed by atoms with Gasteiger partial charge in [0.25, 0.3) is 5.91 Å². The minimum atomic E-state index is -4.84. The molecule has 184 valence electrons. The summed E-state index contributed by atoms with van der Waals surface area (Å²) in [6, 6.07) is 7.24. The van der Waals surface area contributed by atoms with Crippen LogP contribution < -0.4 is 10.2 Å². The highest BCUT2D eigenvalue weighted by molar-refractivity contribution is 5.94. The summed E-state index contributed by atoms with van der Waals surface area (Å²) in [6.07, 6.45) is 0.765. The summed E-state index contributed by atoms with van der Waals surface area (Å²) in [5.74, 6) is -0.780. The lowest BCUT2D eigenvalue weighted by Crippen LogP contribution is -2.45. The Morgan fingerprint density at radius 3 is 2.37 bits per heavy atom. The fraction of sp³-hybridized carbons (Fsp3) is 0.348. The topological polar surface area (TPSA) is 102 Å².